The van der Waals surface area contributed by atoms with Crippen molar-refractivity contribution in [3.63, 3.8) is 0 Å². The first-order chi connectivity index (χ1) is 18.5. The van der Waals surface area contributed by atoms with Crippen LogP contribution in [0, 0.1) is 0 Å². The number of benzene rings is 2. The largest absolute Gasteiger partial charge is 0.454 e. The molecule has 1 saturated carbocycles. The van der Waals surface area contributed by atoms with Crippen LogP contribution in [0.4, 0.5) is 0 Å². The van der Waals surface area contributed by atoms with Gasteiger partial charge in [0.15, 0.2) is 22.4 Å². The summed E-state index contributed by atoms with van der Waals surface area (Å²) in [6.07, 6.45) is 5.97. The molecule has 6 rings (SSSR count). The standard InChI is InChI=1S/C28H29N3O6S/c32-23(17-8-10-24-25(13-17)37-16-36-24)15-38-28-30-22-12-18(26(33)29-19-4-1-2-5-19)7-9-21(22)27(34)31(28)14-20-6-3-11-35-20/h7-10,12-13,19-20H,1-6,11,14-16H2,(H,29,33). The highest BCUT2D eigenvalue weighted by atomic mass is 32.2. The van der Waals surface area contributed by atoms with E-state index in [4.69, 9.17) is 19.2 Å². The highest BCUT2D eigenvalue weighted by Gasteiger charge is 2.23. The predicted molar refractivity (Wildman–Crippen MR) is 142 cm³/mol. The summed E-state index contributed by atoms with van der Waals surface area (Å²) in [6.45, 7) is 1.18. The number of nitrogens with zero attached hydrogens (tertiary/aromatic N) is 2. The van der Waals surface area contributed by atoms with Gasteiger partial charge in [-0.15, -0.1) is 0 Å². The molecule has 2 aliphatic heterocycles. The lowest BCUT2D eigenvalue weighted by Gasteiger charge is -2.17. The molecule has 2 aromatic carbocycles. The first kappa shape index (κ1) is 24.9. The summed E-state index contributed by atoms with van der Waals surface area (Å²) in [5.41, 5.74) is 1.21. The second-order valence-electron chi connectivity index (χ2n) is 9.91. The van der Waals surface area contributed by atoms with E-state index in [1.165, 1.54) is 11.8 Å². The normalized spacial score (nSPS) is 18.8. The second-order valence-corrected chi connectivity index (χ2v) is 10.9. The Labute approximate surface area is 223 Å². The monoisotopic (exact) mass is 535 g/mol. The molecule has 0 bridgehead atoms. The molecular formula is C28H29N3O6S. The van der Waals surface area contributed by atoms with Gasteiger partial charge in [0.2, 0.25) is 6.79 Å². The molecule has 1 amide bonds. The van der Waals surface area contributed by atoms with Gasteiger partial charge in [-0.2, -0.15) is 0 Å². The average Bonchev–Trinajstić information content (AvgIpc) is 3.71. The zero-order valence-electron chi connectivity index (χ0n) is 20.9. The van der Waals surface area contributed by atoms with Crippen molar-refractivity contribution >= 4 is 34.4 Å². The molecule has 1 aliphatic carbocycles. The molecular weight excluding hydrogens is 506 g/mol. The molecule has 1 N–H and O–H groups in total. The Kier molecular flexibility index (Phi) is 7.08. The fraction of sp³-hybridized carbons (Fsp3) is 0.429. The molecule has 38 heavy (non-hydrogen) atoms. The minimum atomic E-state index is -0.203. The number of nitrogens with one attached hydrogen (secondary N) is 1. The van der Waals surface area contributed by atoms with E-state index in [9.17, 15) is 14.4 Å². The van der Waals surface area contributed by atoms with Crippen LogP contribution in [-0.2, 0) is 11.3 Å². The maximum atomic E-state index is 13.6. The number of hydrogen-bond donors (Lipinski definition) is 1. The molecule has 198 valence electrons. The Morgan fingerprint density at radius 3 is 2.63 bits per heavy atom. The van der Waals surface area contributed by atoms with Gasteiger partial charge in [-0.05, 0) is 62.1 Å². The summed E-state index contributed by atoms with van der Waals surface area (Å²) in [5, 5.41) is 3.96. The number of ketones is 1. The number of fused-ring (bicyclic) bond motifs is 2. The zero-order valence-corrected chi connectivity index (χ0v) is 21.8. The molecule has 1 atom stereocenters. The first-order valence-electron chi connectivity index (χ1n) is 13.1. The Bertz CT molecular complexity index is 1440. The van der Waals surface area contributed by atoms with Gasteiger partial charge in [-0.3, -0.25) is 19.0 Å². The molecule has 0 spiro atoms. The van der Waals surface area contributed by atoms with Crippen LogP contribution in [0.15, 0.2) is 46.3 Å². The topological polar surface area (TPSA) is 109 Å². The second kappa shape index (κ2) is 10.8. The van der Waals surface area contributed by atoms with Crippen LogP contribution < -0.4 is 20.3 Å². The van der Waals surface area contributed by atoms with E-state index in [0.29, 0.717) is 51.8 Å². The third kappa shape index (κ3) is 5.15. The van der Waals surface area contributed by atoms with E-state index >= 15 is 0 Å². The van der Waals surface area contributed by atoms with Crippen LogP contribution in [0.25, 0.3) is 10.9 Å². The van der Waals surface area contributed by atoms with Gasteiger partial charge in [0.05, 0.1) is 29.3 Å². The number of Topliss-reactive ketones (excluding diaryl/α,β-unsaturated/α-hetero) is 1. The van der Waals surface area contributed by atoms with Crippen LogP contribution in [0.1, 0.15) is 59.2 Å². The van der Waals surface area contributed by atoms with Crippen molar-refractivity contribution in [3.05, 3.63) is 57.9 Å². The highest BCUT2D eigenvalue weighted by Crippen LogP contribution is 2.33. The Hall–Kier alpha value is -3.37. The van der Waals surface area contributed by atoms with Gasteiger partial charge in [0.25, 0.3) is 11.5 Å². The fourth-order valence-corrected chi connectivity index (χ4v) is 6.13. The molecule has 1 saturated heterocycles. The lowest BCUT2D eigenvalue weighted by molar-refractivity contribution is 0.0935. The van der Waals surface area contributed by atoms with Crippen LogP contribution in [0.3, 0.4) is 0 Å². The van der Waals surface area contributed by atoms with Crippen LogP contribution in [-0.4, -0.2) is 52.5 Å². The van der Waals surface area contributed by atoms with Crippen LogP contribution >= 0.6 is 11.8 Å². The third-order valence-electron chi connectivity index (χ3n) is 7.31. The van der Waals surface area contributed by atoms with Gasteiger partial charge in [-0.25, -0.2) is 4.98 Å². The molecule has 3 aromatic rings. The quantitative estimate of drug-likeness (QED) is 0.262. The molecule has 1 aromatic heterocycles. The van der Waals surface area contributed by atoms with Crippen molar-refractivity contribution in [3.8, 4) is 11.5 Å². The van der Waals surface area contributed by atoms with Gasteiger partial charge < -0.3 is 19.5 Å². The van der Waals surface area contributed by atoms with Gasteiger partial charge in [0, 0.05) is 23.8 Å². The van der Waals surface area contributed by atoms with E-state index in [1.54, 1.807) is 41.0 Å². The van der Waals surface area contributed by atoms with Crippen molar-refractivity contribution < 1.29 is 23.8 Å². The first-order valence-corrected chi connectivity index (χ1v) is 14.1. The number of hydrogen-bond acceptors (Lipinski definition) is 8. The summed E-state index contributed by atoms with van der Waals surface area (Å²) >= 11 is 1.21. The van der Waals surface area contributed by atoms with Crippen molar-refractivity contribution in [2.45, 2.75) is 62.4 Å². The fourth-order valence-electron chi connectivity index (χ4n) is 5.23. The average molecular weight is 536 g/mol. The number of rotatable bonds is 8. The van der Waals surface area contributed by atoms with Crippen LogP contribution in [0.2, 0.25) is 0 Å². The molecule has 10 heteroatoms. The van der Waals surface area contributed by atoms with Crippen molar-refractivity contribution in [1.82, 2.24) is 14.9 Å². The molecule has 1 unspecified atom stereocenters. The van der Waals surface area contributed by atoms with Gasteiger partial charge in [-0.1, -0.05) is 24.6 Å². The zero-order chi connectivity index (χ0) is 26.1. The van der Waals surface area contributed by atoms with E-state index < -0.39 is 0 Å². The summed E-state index contributed by atoms with van der Waals surface area (Å²) in [5.74, 6) is 0.976. The predicted octanol–water partition coefficient (Wildman–Crippen LogP) is 3.95. The van der Waals surface area contributed by atoms with Gasteiger partial charge in [0.1, 0.15) is 0 Å². The third-order valence-corrected chi connectivity index (χ3v) is 8.29. The van der Waals surface area contributed by atoms with Gasteiger partial charge >= 0.3 is 0 Å². The minimum absolute atomic E-state index is 0.0766. The minimum Gasteiger partial charge on any atom is -0.454 e. The molecule has 9 nitrogen and oxygen atoms in total. The maximum absolute atomic E-state index is 13.6. The Morgan fingerprint density at radius 1 is 1.00 bits per heavy atom. The number of ether oxygens (including phenoxy) is 3. The molecule has 2 fully saturated rings. The Morgan fingerprint density at radius 2 is 1.82 bits per heavy atom. The summed E-state index contributed by atoms with van der Waals surface area (Å²) in [7, 11) is 0. The number of carbonyl (C=O) groups is 2. The highest BCUT2D eigenvalue weighted by molar-refractivity contribution is 7.99. The number of carbonyl (C=O) groups excluding carboxylic acids is 2. The number of thioether (sulfide) groups is 1. The van der Waals surface area contributed by atoms with Crippen molar-refractivity contribution in [2.75, 3.05) is 19.2 Å². The van der Waals surface area contributed by atoms with Crippen molar-refractivity contribution in [2.24, 2.45) is 0 Å². The summed E-state index contributed by atoms with van der Waals surface area (Å²) in [6, 6.07) is 10.3. The number of amides is 1. The Balaban J connectivity index is 1.28. The van der Waals surface area contributed by atoms with E-state index in [0.717, 1.165) is 38.5 Å². The molecule has 3 aliphatic rings. The summed E-state index contributed by atoms with van der Waals surface area (Å²) in [4.78, 5) is 44.2. The maximum Gasteiger partial charge on any atom is 0.262 e. The smallest absolute Gasteiger partial charge is 0.262 e. The van der Waals surface area contributed by atoms with Crippen LogP contribution in [0.5, 0.6) is 11.5 Å². The number of aromatic nitrogens is 2. The van der Waals surface area contributed by atoms with E-state index in [1.807, 2.05) is 0 Å². The SMILES string of the molecule is O=C(CSc1nc2cc(C(=O)NC3CCCC3)ccc2c(=O)n1CC1CCCO1)c1ccc2c(c1)OCO2. The van der Waals surface area contributed by atoms with E-state index in [2.05, 4.69) is 5.32 Å². The summed E-state index contributed by atoms with van der Waals surface area (Å²) < 4.78 is 18.1. The van der Waals surface area contributed by atoms with E-state index in [-0.39, 0.29) is 41.9 Å². The van der Waals surface area contributed by atoms with Crippen molar-refractivity contribution in [1.29, 1.82) is 0 Å². The lowest BCUT2D eigenvalue weighted by Crippen LogP contribution is -2.32. The molecule has 0 radical (unpaired) electrons. The lowest BCUT2D eigenvalue weighted by atomic mass is 10.1. The molecule has 3 heterocycles.